The summed E-state index contributed by atoms with van der Waals surface area (Å²) in [6.07, 6.45) is 6.67. The lowest BCUT2D eigenvalue weighted by Crippen LogP contribution is -2.22. The van der Waals surface area contributed by atoms with Crippen LogP contribution in [-0.4, -0.2) is 25.1 Å². The highest BCUT2D eigenvalue weighted by atomic mass is 19.3. The van der Waals surface area contributed by atoms with Gasteiger partial charge in [0.05, 0.1) is 6.54 Å². The van der Waals surface area contributed by atoms with Gasteiger partial charge in [0.2, 0.25) is 0 Å². The van der Waals surface area contributed by atoms with E-state index >= 15 is 0 Å². The molecule has 2 rings (SSSR count). The lowest BCUT2D eigenvalue weighted by Gasteiger charge is -2.15. The van der Waals surface area contributed by atoms with Crippen molar-refractivity contribution in [2.45, 2.75) is 50.5 Å². The van der Waals surface area contributed by atoms with Gasteiger partial charge in [-0.1, -0.05) is 19.3 Å². The van der Waals surface area contributed by atoms with E-state index in [-0.39, 0.29) is 13.0 Å². The fraction of sp³-hybridized carbons (Fsp3) is 1.00. The van der Waals surface area contributed by atoms with E-state index in [1.807, 2.05) is 0 Å². The van der Waals surface area contributed by atoms with Crippen molar-refractivity contribution < 1.29 is 8.78 Å². The first-order valence-electron chi connectivity index (χ1n) is 5.44. The molecular formula is C10H20F2N2. The Hall–Kier alpha value is -0.220. The van der Waals surface area contributed by atoms with E-state index in [1.54, 1.807) is 0 Å². The number of hydrogen-bond acceptors (Lipinski definition) is 2. The minimum Gasteiger partial charge on any atom is -0.328 e. The number of nitrogens with two attached hydrogens (primary N) is 1. The summed E-state index contributed by atoms with van der Waals surface area (Å²) in [6.45, 7) is 0.333. The van der Waals surface area contributed by atoms with Gasteiger partial charge in [-0.2, -0.15) is 0 Å². The summed E-state index contributed by atoms with van der Waals surface area (Å²) in [5, 5.41) is 2.56. The minimum absolute atomic E-state index is 0.00694. The van der Waals surface area contributed by atoms with Crippen LogP contribution in [0.5, 0.6) is 0 Å². The smallest absolute Gasteiger partial charge is 0.261 e. The maximum atomic E-state index is 11.9. The first-order valence-corrected chi connectivity index (χ1v) is 5.44. The van der Waals surface area contributed by atoms with Crippen LogP contribution in [0.1, 0.15) is 38.5 Å². The molecule has 0 spiro atoms. The quantitative estimate of drug-likeness (QED) is 0.635. The molecule has 0 atom stereocenters. The Labute approximate surface area is 84.2 Å². The summed E-state index contributed by atoms with van der Waals surface area (Å²) in [5.41, 5.74) is 5.63. The Morgan fingerprint density at radius 3 is 2.00 bits per heavy atom. The fourth-order valence-corrected chi connectivity index (χ4v) is 1.77. The molecule has 2 nitrogen and oxygen atoms in total. The molecule has 0 aromatic rings. The van der Waals surface area contributed by atoms with Gasteiger partial charge in [0.1, 0.15) is 0 Å². The van der Waals surface area contributed by atoms with E-state index in [9.17, 15) is 8.78 Å². The maximum absolute atomic E-state index is 11.9. The van der Waals surface area contributed by atoms with Crippen LogP contribution in [0.3, 0.4) is 0 Å². The number of hydrogen-bond donors (Lipinski definition) is 2. The second-order valence-electron chi connectivity index (χ2n) is 4.18. The molecule has 0 bridgehead atoms. The van der Waals surface area contributed by atoms with E-state index in [0.717, 1.165) is 0 Å². The van der Waals surface area contributed by atoms with Gasteiger partial charge in [-0.05, 0) is 12.8 Å². The van der Waals surface area contributed by atoms with Gasteiger partial charge in [-0.3, -0.25) is 0 Å². The molecule has 0 aromatic heterocycles. The zero-order chi connectivity index (χ0) is 10.4. The molecule has 4 heteroatoms. The van der Waals surface area contributed by atoms with Crippen molar-refractivity contribution >= 4 is 0 Å². The van der Waals surface area contributed by atoms with Gasteiger partial charge in [0, 0.05) is 19.0 Å². The van der Waals surface area contributed by atoms with Crippen molar-refractivity contribution in [3.63, 3.8) is 0 Å². The molecule has 0 unspecified atom stereocenters. The molecule has 1 heterocycles. The third kappa shape index (κ3) is 4.86. The van der Waals surface area contributed by atoms with Crippen molar-refractivity contribution in [3.8, 4) is 0 Å². The van der Waals surface area contributed by atoms with Crippen LogP contribution < -0.4 is 11.1 Å². The Bertz CT molecular complexity index is 148. The lowest BCUT2D eigenvalue weighted by atomic mass is 9.97. The van der Waals surface area contributed by atoms with Gasteiger partial charge in [0.15, 0.2) is 0 Å². The number of nitrogens with one attached hydrogen (secondary N) is 1. The van der Waals surface area contributed by atoms with E-state index in [1.165, 1.54) is 32.1 Å². The fourth-order valence-electron chi connectivity index (χ4n) is 1.77. The van der Waals surface area contributed by atoms with Crippen LogP contribution in [0.15, 0.2) is 0 Å². The molecular weight excluding hydrogens is 186 g/mol. The van der Waals surface area contributed by atoms with Gasteiger partial charge >= 0.3 is 0 Å². The Morgan fingerprint density at radius 1 is 1.14 bits per heavy atom. The first kappa shape index (κ1) is 11.9. The monoisotopic (exact) mass is 206 g/mol. The predicted octanol–water partition coefficient (Wildman–Crippen LogP) is 1.89. The van der Waals surface area contributed by atoms with Crippen LogP contribution in [0.25, 0.3) is 0 Å². The lowest BCUT2D eigenvalue weighted by molar-refractivity contribution is 0.0238. The average molecular weight is 206 g/mol. The molecule has 2 aliphatic rings. The van der Waals surface area contributed by atoms with Gasteiger partial charge in [0.25, 0.3) is 5.92 Å². The van der Waals surface area contributed by atoms with Crippen molar-refractivity contribution in [3.05, 3.63) is 0 Å². The first-order chi connectivity index (χ1) is 6.60. The molecule has 0 amide bonds. The molecule has 0 aromatic carbocycles. The molecule has 2 fully saturated rings. The SMILES string of the molecule is FC1(F)CCNC1.NC1CCCCC1. The van der Waals surface area contributed by atoms with Crippen LogP contribution >= 0.6 is 0 Å². The third-order valence-corrected chi connectivity index (χ3v) is 2.70. The average Bonchev–Trinajstić information content (AvgIpc) is 2.52. The molecule has 0 radical (unpaired) electrons. The molecule has 3 N–H and O–H groups in total. The summed E-state index contributed by atoms with van der Waals surface area (Å²) >= 11 is 0. The van der Waals surface area contributed by atoms with Crippen molar-refractivity contribution in [1.29, 1.82) is 0 Å². The zero-order valence-electron chi connectivity index (χ0n) is 8.57. The topological polar surface area (TPSA) is 38.0 Å². The second kappa shape index (κ2) is 5.61. The number of rotatable bonds is 0. The Balaban J connectivity index is 0.000000140. The molecule has 14 heavy (non-hydrogen) atoms. The van der Waals surface area contributed by atoms with E-state index in [0.29, 0.717) is 12.6 Å². The van der Waals surface area contributed by atoms with Crippen LogP contribution in [0, 0.1) is 0 Å². The van der Waals surface area contributed by atoms with Crippen LogP contribution in [-0.2, 0) is 0 Å². The number of alkyl halides is 2. The summed E-state index contributed by atoms with van der Waals surface area (Å²) in [5.74, 6) is -2.42. The van der Waals surface area contributed by atoms with E-state index < -0.39 is 5.92 Å². The molecule has 1 saturated carbocycles. The standard InChI is InChI=1S/C6H13N.C4H7F2N/c7-6-4-2-1-3-5-6;5-4(6)1-2-7-3-4/h6H,1-5,7H2;7H,1-3H2. The largest absolute Gasteiger partial charge is 0.328 e. The number of halogens is 2. The maximum Gasteiger partial charge on any atom is 0.261 e. The summed E-state index contributed by atoms with van der Waals surface area (Å²) in [6, 6.07) is 0.536. The highest BCUT2D eigenvalue weighted by Crippen LogP contribution is 2.19. The van der Waals surface area contributed by atoms with Crippen LogP contribution in [0.4, 0.5) is 8.78 Å². The van der Waals surface area contributed by atoms with Crippen molar-refractivity contribution in [2.24, 2.45) is 5.73 Å². The van der Waals surface area contributed by atoms with E-state index in [4.69, 9.17) is 5.73 Å². The summed E-state index contributed by atoms with van der Waals surface area (Å²) in [7, 11) is 0. The molecule has 84 valence electrons. The highest BCUT2D eigenvalue weighted by Gasteiger charge is 2.32. The predicted molar refractivity (Wildman–Crippen MR) is 53.5 cm³/mol. The Kier molecular flexibility index (Phi) is 4.75. The Morgan fingerprint density at radius 2 is 1.79 bits per heavy atom. The summed E-state index contributed by atoms with van der Waals surface area (Å²) in [4.78, 5) is 0. The third-order valence-electron chi connectivity index (χ3n) is 2.70. The summed E-state index contributed by atoms with van der Waals surface area (Å²) < 4.78 is 23.8. The van der Waals surface area contributed by atoms with E-state index in [2.05, 4.69) is 5.32 Å². The van der Waals surface area contributed by atoms with Crippen molar-refractivity contribution in [1.82, 2.24) is 5.32 Å². The second-order valence-corrected chi connectivity index (χ2v) is 4.18. The molecule has 1 aliphatic carbocycles. The van der Waals surface area contributed by atoms with Gasteiger partial charge in [-0.15, -0.1) is 0 Å². The highest BCUT2D eigenvalue weighted by molar-refractivity contribution is 4.77. The van der Waals surface area contributed by atoms with Gasteiger partial charge < -0.3 is 11.1 Å². The van der Waals surface area contributed by atoms with Crippen molar-refractivity contribution in [2.75, 3.05) is 13.1 Å². The van der Waals surface area contributed by atoms with Gasteiger partial charge in [-0.25, -0.2) is 8.78 Å². The van der Waals surface area contributed by atoms with Crippen LogP contribution in [0.2, 0.25) is 0 Å². The molecule has 1 aliphatic heterocycles. The minimum atomic E-state index is -2.42. The molecule has 1 saturated heterocycles. The zero-order valence-corrected chi connectivity index (χ0v) is 8.57. The normalized spacial score (nSPS) is 26.8.